The highest BCUT2D eigenvalue weighted by molar-refractivity contribution is 6.03. The number of carbonyl (C=O) groups is 2. The molecule has 9 heteroatoms. The minimum atomic E-state index is -0.646. The Labute approximate surface area is 208 Å². The van der Waals surface area contributed by atoms with Gasteiger partial charge in [0, 0.05) is 18.3 Å². The van der Waals surface area contributed by atoms with Crippen LogP contribution >= 0.6 is 0 Å². The second-order valence-corrected chi connectivity index (χ2v) is 8.71. The molecule has 3 aromatic heterocycles. The number of hydrogen-bond acceptors (Lipinski definition) is 7. The summed E-state index contributed by atoms with van der Waals surface area (Å²) in [5.74, 6) is 0.111. The van der Waals surface area contributed by atoms with E-state index in [1.807, 2.05) is 51.1 Å². The number of hydrogen-bond donors (Lipinski definition) is 0. The lowest BCUT2D eigenvalue weighted by atomic mass is 10.0. The minimum Gasteiger partial charge on any atom is -0.467 e. The van der Waals surface area contributed by atoms with Crippen molar-refractivity contribution in [2.24, 2.45) is 5.10 Å². The van der Waals surface area contributed by atoms with Gasteiger partial charge in [-0.25, -0.2) is 19.5 Å². The van der Waals surface area contributed by atoms with Gasteiger partial charge in [0.1, 0.15) is 11.8 Å². The van der Waals surface area contributed by atoms with Gasteiger partial charge in [-0.05, 0) is 56.7 Å². The van der Waals surface area contributed by atoms with E-state index in [9.17, 15) is 9.59 Å². The number of furan rings is 1. The van der Waals surface area contributed by atoms with Gasteiger partial charge in [0.2, 0.25) is 0 Å². The van der Waals surface area contributed by atoms with Gasteiger partial charge < -0.3 is 9.15 Å². The molecule has 0 aliphatic carbocycles. The summed E-state index contributed by atoms with van der Waals surface area (Å²) in [6, 6.07) is 16.3. The first-order valence-corrected chi connectivity index (χ1v) is 11.6. The van der Waals surface area contributed by atoms with Crippen molar-refractivity contribution in [3.05, 3.63) is 101 Å². The van der Waals surface area contributed by atoms with E-state index >= 15 is 0 Å². The normalized spacial score (nSPS) is 15.1. The van der Waals surface area contributed by atoms with E-state index < -0.39 is 24.5 Å². The van der Waals surface area contributed by atoms with Gasteiger partial charge in [-0.1, -0.05) is 29.8 Å². The lowest BCUT2D eigenvalue weighted by Crippen LogP contribution is -2.31. The van der Waals surface area contributed by atoms with Crippen LogP contribution in [0.5, 0.6) is 0 Å². The zero-order valence-electron chi connectivity index (χ0n) is 20.2. The number of rotatable bonds is 6. The molecule has 1 aliphatic heterocycles. The maximum absolute atomic E-state index is 13.1. The number of benzene rings is 1. The number of amides is 1. The standard InChI is InChI=1S/C27H25N5O4/c1-17-6-8-20(9-7-17)22-14-23(24-5-4-12-35-24)32(30-22)26(33)16-36-27(34)21-10-11-25(28-15-21)31-19(3)13-18(2)29-31/h4-13,15,23H,14,16H2,1-3H3. The molecule has 1 amide bonds. The van der Waals surface area contributed by atoms with E-state index in [2.05, 4.69) is 15.2 Å². The summed E-state index contributed by atoms with van der Waals surface area (Å²) in [7, 11) is 0. The average molecular weight is 484 g/mol. The van der Waals surface area contributed by atoms with Gasteiger partial charge in [-0.3, -0.25) is 4.79 Å². The largest absolute Gasteiger partial charge is 0.467 e. The highest BCUT2D eigenvalue weighted by atomic mass is 16.5. The van der Waals surface area contributed by atoms with Crippen LogP contribution in [0, 0.1) is 20.8 Å². The second-order valence-electron chi connectivity index (χ2n) is 8.71. The lowest BCUT2D eigenvalue weighted by molar-refractivity contribution is -0.136. The first-order chi connectivity index (χ1) is 17.4. The Morgan fingerprint density at radius 1 is 1.08 bits per heavy atom. The summed E-state index contributed by atoms with van der Waals surface area (Å²) in [6.07, 6.45) is 3.46. The van der Waals surface area contributed by atoms with Crippen molar-refractivity contribution in [3.8, 4) is 5.82 Å². The van der Waals surface area contributed by atoms with Gasteiger partial charge in [0.05, 0.1) is 23.2 Å². The van der Waals surface area contributed by atoms with Crippen LogP contribution in [0.15, 0.2) is 76.6 Å². The van der Waals surface area contributed by atoms with Gasteiger partial charge in [-0.15, -0.1) is 0 Å². The van der Waals surface area contributed by atoms with Crippen molar-refractivity contribution in [3.63, 3.8) is 0 Å². The van der Waals surface area contributed by atoms with Crippen LogP contribution in [0.2, 0.25) is 0 Å². The van der Waals surface area contributed by atoms with Gasteiger partial charge in [-0.2, -0.15) is 10.2 Å². The molecule has 5 rings (SSSR count). The third kappa shape index (κ3) is 4.68. The number of hydrazone groups is 1. The molecule has 1 aromatic carbocycles. The number of aryl methyl sites for hydroxylation is 3. The average Bonchev–Trinajstić information content (AvgIpc) is 3.63. The van der Waals surface area contributed by atoms with E-state index in [4.69, 9.17) is 9.15 Å². The van der Waals surface area contributed by atoms with E-state index in [-0.39, 0.29) is 5.56 Å². The molecule has 1 aliphatic rings. The highest BCUT2D eigenvalue weighted by Crippen LogP contribution is 2.33. The zero-order valence-corrected chi connectivity index (χ0v) is 20.2. The van der Waals surface area contributed by atoms with E-state index in [0.717, 1.165) is 28.2 Å². The molecule has 4 heterocycles. The smallest absolute Gasteiger partial charge is 0.340 e. The number of nitrogens with zero attached hydrogens (tertiary/aromatic N) is 5. The molecule has 1 atom stereocenters. The Balaban J connectivity index is 1.28. The summed E-state index contributed by atoms with van der Waals surface area (Å²) >= 11 is 0. The Morgan fingerprint density at radius 2 is 1.89 bits per heavy atom. The summed E-state index contributed by atoms with van der Waals surface area (Å²) in [4.78, 5) is 30.0. The lowest BCUT2D eigenvalue weighted by Gasteiger charge is -2.19. The van der Waals surface area contributed by atoms with Gasteiger partial charge >= 0.3 is 5.97 Å². The quantitative estimate of drug-likeness (QED) is 0.379. The third-order valence-electron chi connectivity index (χ3n) is 5.96. The first-order valence-electron chi connectivity index (χ1n) is 11.6. The molecule has 0 spiro atoms. The summed E-state index contributed by atoms with van der Waals surface area (Å²) in [5, 5.41) is 10.3. The van der Waals surface area contributed by atoms with Crippen LogP contribution < -0.4 is 0 Å². The number of aromatic nitrogens is 3. The van der Waals surface area contributed by atoms with Crippen LogP contribution in [-0.2, 0) is 9.53 Å². The third-order valence-corrected chi connectivity index (χ3v) is 5.96. The maximum Gasteiger partial charge on any atom is 0.340 e. The molecule has 0 bridgehead atoms. The van der Waals surface area contributed by atoms with Crippen LogP contribution in [0.3, 0.4) is 0 Å². The monoisotopic (exact) mass is 483 g/mol. The number of esters is 1. The summed E-state index contributed by atoms with van der Waals surface area (Å²) < 4.78 is 12.6. The molecule has 0 saturated heterocycles. The highest BCUT2D eigenvalue weighted by Gasteiger charge is 2.35. The summed E-state index contributed by atoms with van der Waals surface area (Å²) in [6.45, 7) is 5.38. The number of carbonyl (C=O) groups excluding carboxylic acids is 2. The fourth-order valence-corrected chi connectivity index (χ4v) is 4.13. The molecule has 0 fully saturated rings. The van der Waals surface area contributed by atoms with Crippen LogP contribution in [-0.4, -0.2) is 44.0 Å². The molecular formula is C27H25N5O4. The number of pyridine rings is 1. The molecule has 0 N–H and O–H groups in total. The van der Waals surface area contributed by atoms with Gasteiger partial charge in [0.25, 0.3) is 5.91 Å². The minimum absolute atomic E-state index is 0.237. The molecular weight excluding hydrogens is 458 g/mol. The molecule has 0 radical (unpaired) electrons. The molecule has 36 heavy (non-hydrogen) atoms. The molecule has 0 saturated carbocycles. The fraction of sp³-hybridized carbons (Fsp3) is 0.222. The zero-order chi connectivity index (χ0) is 25.2. The molecule has 4 aromatic rings. The van der Waals surface area contributed by atoms with Crippen molar-refractivity contribution in [1.82, 2.24) is 19.8 Å². The van der Waals surface area contributed by atoms with Crippen LogP contribution in [0.25, 0.3) is 5.82 Å². The van der Waals surface area contributed by atoms with Crippen molar-refractivity contribution >= 4 is 17.6 Å². The van der Waals surface area contributed by atoms with Crippen molar-refractivity contribution < 1.29 is 18.7 Å². The van der Waals surface area contributed by atoms with E-state index in [0.29, 0.717) is 18.0 Å². The fourth-order valence-electron chi connectivity index (χ4n) is 4.13. The molecule has 182 valence electrons. The van der Waals surface area contributed by atoms with Gasteiger partial charge in [0.15, 0.2) is 12.4 Å². The Kier molecular flexibility index (Phi) is 6.20. The Hall–Kier alpha value is -4.53. The predicted molar refractivity (Wildman–Crippen MR) is 132 cm³/mol. The topological polar surface area (TPSA) is 103 Å². The first kappa shape index (κ1) is 23.2. The van der Waals surface area contributed by atoms with Crippen LogP contribution in [0.1, 0.15) is 51.1 Å². The molecule has 9 nitrogen and oxygen atoms in total. The van der Waals surface area contributed by atoms with Crippen molar-refractivity contribution in [1.29, 1.82) is 0 Å². The van der Waals surface area contributed by atoms with E-state index in [1.165, 1.54) is 11.2 Å². The Morgan fingerprint density at radius 3 is 2.53 bits per heavy atom. The predicted octanol–water partition coefficient (Wildman–Crippen LogP) is 4.32. The SMILES string of the molecule is Cc1ccc(C2=NN(C(=O)COC(=O)c3ccc(-n4nc(C)cc4C)nc3)C(c3ccco3)C2)cc1. The Bertz CT molecular complexity index is 1420. The molecule has 1 unspecified atom stereocenters. The second kappa shape index (κ2) is 9.61. The summed E-state index contributed by atoms with van der Waals surface area (Å²) in [5.41, 5.74) is 4.87. The number of ether oxygens (including phenoxy) is 1. The van der Waals surface area contributed by atoms with E-state index in [1.54, 1.807) is 35.2 Å². The van der Waals surface area contributed by atoms with Crippen LogP contribution in [0.4, 0.5) is 0 Å². The van der Waals surface area contributed by atoms with Crippen molar-refractivity contribution in [2.45, 2.75) is 33.2 Å². The van der Waals surface area contributed by atoms with Crippen molar-refractivity contribution in [2.75, 3.05) is 6.61 Å². The maximum atomic E-state index is 13.1.